The first-order valence-corrected chi connectivity index (χ1v) is 8.90. The normalized spacial score (nSPS) is 16.0. The summed E-state index contributed by atoms with van der Waals surface area (Å²) in [5, 5.41) is 3.20. The predicted molar refractivity (Wildman–Crippen MR) is 85.2 cm³/mol. The average Bonchev–Trinajstić information content (AvgIpc) is 2.90. The van der Waals surface area contributed by atoms with Crippen molar-refractivity contribution in [2.24, 2.45) is 0 Å². The molecule has 0 saturated heterocycles. The second kappa shape index (κ2) is 6.77. The van der Waals surface area contributed by atoms with E-state index in [1.54, 1.807) is 11.4 Å². The zero-order valence-electron chi connectivity index (χ0n) is 12.9. The van der Waals surface area contributed by atoms with Gasteiger partial charge in [0.25, 0.3) is 0 Å². The van der Waals surface area contributed by atoms with Gasteiger partial charge in [-0.3, -0.25) is 4.31 Å². The zero-order chi connectivity index (χ0) is 15.5. The fourth-order valence-corrected chi connectivity index (χ4v) is 4.16. The highest BCUT2D eigenvalue weighted by molar-refractivity contribution is 7.92. The molecule has 1 heterocycles. The van der Waals surface area contributed by atoms with Crippen LogP contribution in [0.25, 0.3) is 0 Å². The highest BCUT2D eigenvalue weighted by Gasteiger charge is 2.29. The minimum atomic E-state index is -3.25. The van der Waals surface area contributed by atoms with Crippen molar-refractivity contribution in [2.75, 3.05) is 37.4 Å². The van der Waals surface area contributed by atoms with E-state index in [0.717, 1.165) is 17.7 Å². The second-order valence-corrected chi connectivity index (χ2v) is 7.40. The van der Waals surface area contributed by atoms with Crippen molar-refractivity contribution in [2.45, 2.75) is 25.8 Å². The van der Waals surface area contributed by atoms with Gasteiger partial charge in [-0.15, -0.1) is 0 Å². The van der Waals surface area contributed by atoms with Crippen LogP contribution < -0.4 is 9.62 Å². The van der Waals surface area contributed by atoms with Crippen LogP contribution in [0.1, 0.15) is 30.5 Å². The fraction of sp³-hybridized carbons (Fsp3) is 0.600. The highest BCUT2D eigenvalue weighted by atomic mass is 32.2. The van der Waals surface area contributed by atoms with E-state index in [-0.39, 0.29) is 11.8 Å². The van der Waals surface area contributed by atoms with Crippen LogP contribution in [0, 0.1) is 0 Å². The molecule has 1 atom stereocenters. The first-order valence-electron chi connectivity index (χ1n) is 7.29. The lowest BCUT2D eigenvalue weighted by Gasteiger charge is -2.20. The monoisotopic (exact) mass is 312 g/mol. The van der Waals surface area contributed by atoms with Gasteiger partial charge in [0.2, 0.25) is 10.0 Å². The summed E-state index contributed by atoms with van der Waals surface area (Å²) in [6.07, 6.45) is 1.31. The molecule has 0 saturated carbocycles. The van der Waals surface area contributed by atoms with Gasteiger partial charge in [-0.05, 0) is 44.0 Å². The van der Waals surface area contributed by atoms with Gasteiger partial charge in [0.15, 0.2) is 0 Å². The van der Waals surface area contributed by atoms with Crippen LogP contribution in [-0.4, -0.2) is 41.5 Å². The summed E-state index contributed by atoms with van der Waals surface area (Å²) in [4.78, 5) is 0. The van der Waals surface area contributed by atoms with Crippen LogP contribution in [0.4, 0.5) is 5.69 Å². The lowest BCUT2D eigenvalue weighted by atomic mass is 10.0. The number of sulfonamides is 1. The smallest absolute Gasteiger partial charge is 0.235 e. The standard InChI is InChI=1S/C15H24N2O3S/c1-12(16-2)13-5-6-15-14(11-13)7-8-17(15)21(18,19)10-4-9-20-3/h5-6,11-12,16H,4,7-10H2,1-3H3. The van der Waals surface area contributed by atoms with Crippen LogP contribution in [0.5, 0.6) is 0 Å². The molecule has 0 radical (unpaired) electrons. The number of fused-ring (bicyclic) bond motifs is 1. The van der Waals surface area contributed by atoms with E-state index < -0.39 is 10.0 Å². The number of anilines is 1. The molecule has 0 amide bonds. The summed E-state index contributed by atoms with van der Waals surface area (Å²) in [5.41, 5.74) is 3.14. The van der Waals surface area contributed by atoms with Crippen LogP contribution in [-0.2, 0) is 21.2 Å². The molecule has 1 unspecified atom stereocenters. The zero-order valence-corrected chi connectivity index (χ0v) is 13.7. The van der Waals surface area contributed by atoms with E-state index in [4.69, 9.17) is 4.74 Å². The van der Waals surface area contributed by atoms with Crippen LogP contribution in [0.2, 0.25) is 0 Å². The molecule has 6 heteroatoms. The topological polar surface area (TPSA) is 58.6 Å². The van der Waals surface area contributed by atoms with Crippen molar-refractivity contribution in [3.8, 4) is 0 Å². The first-order chi connectivity index (χ1) is 9.99. The van der Waals surface area contributed by atoms with Gasteiger partial charge in [-0.1, -0.05) is 12.1 Å². The van der Waals surface area contributed by atoms with Crippen LogP contribution in [0.15, 0.2) is 18.2 Å². The highest BCUT2D eigenvalue weighted by Crippen LogP contribution is 2.32. The molecule has 0 fully saturated rings. The van der Waals surface area contributed by atoms with Gasteiger partial charge in [0.05, 0.1) is 11.4 Å². The van der Waals surface area contributed by atoms with Gasteiger partial charge in [0.1, 0.15) is 0 Å². The lowest BCUT2D eigenvalue weighted by Crippen LogP contribution is -2.31. The molecule has 0 aliphatic carbocycles. The van der Waals surface area contributed by atoms with Gasteiger partial charge in [-0.25, -0.2) is 8.42 Å². The molecule has 0 aromatic heterocycles. The summed E-state index contributed by atoms with van der Waals surface area (Å²) < 4.78 is 31.3. The maximum absolute atomic E-state index is 12.4. The Bertz CT molecular complexity index is 587. The Balaban J connectivity index is 2.18. The molecule has 1 aromatic rings. The first kappa shape index (κ1) is 16.3. The maximum Gasteiger partial charge on any atom is 0.235 e. The van der Waals surface area contributed by atoms with Gasteiger partial charge < -0.3 is 10.1 Å². The van der Waals surface area contributed by atoms with E-state index in [2.05, 4.69) is 18.3 Å². The molecule has 1 N–H and O–H groups in total. The maximum atomic E-state index is 12.4. The van der Waals surface area contributed by atoms with E-state index in [0.29, 0.717) is 19.6 Å². The lowest BCUT2D eigenvalue weighted by molar-refractivity contribution is 0.199. The third-order valence-electron chi connectivity index (χ3n) is 3.98. The number of nitrogens with one attached hydrogen (secondary N) is 1. The molecular weight excluding hydrogens is 288 g/mol. The van der Waals surface area contributed by atoms with E-state index in [1.807, 2.05) is 19.2 Å². The third kappa shape index (κ3) is 3.56. The summed E-state index contributed by atoms with van der Waals surface area (Å²) in [7, 11) is 0.260. The molecule has 0 bridgehead atoms. The minimum Gasteiger partial charge on any atom is -0.385 e. The molecule has 1 aromatic carbocycles. The predicted octanol–water partition coefficient (Wildman–Crippen LogP) is 1.70. The molecular formula is C15H24N2O3S. The largest absolute Gasteiger partial charge is 0.385 e. The quantitative estimate of drug-likeness (QED) is 0.779. The number of hydrogen-bond donors (Lipinski definition) is 1. The van der Waals surface area contributed by atoms with Gasteiger partial charge >= 0.3 is 0 Å². The Morgan fingerprint density at radius 3 is 2.86 bits per heavy atom. The molecule has 5 nitrogen and oxygen atoms in total. The minimum absolute atomic E-state index is 0.134. The van der Waals surface area contributed by atoms with E-state index in [1.165, 1.54) is 5.56 Å². The number of nitrogens with zero attached hydrogens (tertiary/aromatic N) is 1. The summed E-state index contributed by atoms with van der Waals surface area (Å²) in [6.45, 7) is 3.11. The molecule has 2 rings (SSSR count). The summed E-state index contributed by atoms with van der Waals surface area (Å²) >= 11 is 0. The number of methoxy groups -OCH3 is 1. The van der Waals surface area contributed by atoms with Crippen molar-refractivity contribution < 1.29 is 13.2 Å². The summed E-state index contributed by atoms with van der Waals surface area (Å²) in [5.74, 6) is 0.134. The number of rotatable bonds is 7. The third-order valence-corrected chi connectivity index (χ3v) is 5.83. The number of hydrogen-bond acceptors (Lipinski definition) is 4. The number of benzene rings is 1. The SMILES string of the molecule is CNC(C)c1ccc2c(c1)CCN2S(=O)(=O)CCCOC. The van der Waals surface area contributed by atoms with Crippen molar-refractivity contribution >= 4 is 15.7 Å². The Labute approximate surface area is 127 Å². The molecule has 21 heavy (non-hydrogen) atoms. The van der Waals surface area contributed by atoms with Gasteiger partial charge in [-0.2, -0.15) is 0 Å². The average molecular weight is 312 g/mol. The van der Waals surface area contributed by atoms with Crippen molar-refractivity contribution in [3.05, 3.63) is 29.3 Å². The Kier molecular flexibility index (Phi) is 5.24. The Morgan fingerprint density at radius 2 is 2.19 bits per heavy atom. The van der Waals surface area contributed by atoms with Gasteiger partial charge in [0, 0.05) is 26.3 Å². The second-order valence-electron chi connectivity index (χ2n) is 5.38. The fourth-order valence-electron chi connectivity index (χ4n) is 2.61. The summed E-state index contributed by atoms with van der Waals surface area (Å²) in [6, 6.07) is 6.31. The molecule has 1 aliphatic rings. The molecule has 0 spiro atoms. The van der Waals surface area contributed by atoms with E-state index in [9.17, 15) is 8.42 Å². The van der Waals surface area contributed by atoms with Crippen LogP contribution >= 0.6 is 0 Å². The van der Waals surface area contributed by atoms with Crippen LogP contribution in [0.3, 0.4) is 0 Å². The molecule has 1 aliphatic heterocycles. The van der Waals surface area contributed by atoms with E-state index >= 15 is 0 Å². The van der Waals surface area contributed by atoms with Crippen molar-refractivity contribution in [1.29, 1.82) is 0 Å². The van der Waals surface area contributed by atoms with Crippen molar-refractivity contribution in [3.63, 3.8) is 0 Å². The van der Waals surface area contributed by atoms with Crippen molar-refractivity contribution in [1.82, 2.24) is 5.32 Å². The number of ether oxygens (including phenoxy) is 1. The Hall–Kier alpha value is -1.11. The Morgan fingerprint density at radius 1 is 1.43 bits per heavy atom. The molecule has 118 valence electrons.